The Balaban J connectivity index is 1.86. The van der Waals surface area contributed by atoms with Gasteiger partial charge in [0, 0.05) is 30.9 Å². The summed E-state index contributed by atoms with van der Waals surface area (Å²) in [6.45, 7) is 9.08. The first-order chi connectivity index (χ1) is 11.6. The van der Waals surface area contributed by atoms with Crippen LogP contribution < -0.4 is 5.19 Å². The summed E-state index contributed by atoms with van der Waals surface area (Å²) < 4.78 is 23.8. The van der Waals surface area contributed by atoms with Crippen LogP contribution in [0.2, 0.25) is 0 Å². The van der Waals surface area contributed by atoms with Crippen LogP contribution in [-0.2, 0) is 22.8 Å². The molecular weight excluding hydrogens is 326 g/mol. The van der Waals surface area contributed by atoms with Crippen LogP contribution in [0.3, 0.4) is 0 Å². The van der Waals surface area contributed by atoms with Gasteiger partial charge in [-0.15, -0.1) is 0 Å². The summed E-state index contributed by atoms with van der Waals surface area (Å²) in [5.74, 6) is -0.450. The highest BCUT2D eigenvalue weighted by atomic mass is 28.4. The number of ether oxygens (including phenoxy) is 1. The maximum absolute atomic E-state index is 11.4. The van der Waals surface area contributed by atoms with E-state index in [1.54, 1.807) is 0 Å². The highest BCUT2D eigenvalue weighted by Gasteiger charge is 2.49. The van der Waals surface area contributed by atoms with Crippen LogP contribution in [0.1, 0.15) is 5.56 Å². The lowest BCUT2D eigenvalue weighted by atomic mass is 10.2. The Kier molecular flexibility index (Phi) is 5.47. The summed E-state index contributed by atoms with van der Waals surface area (Å²) in [4.78, 5) is 13.6. The Morgan fingerprint density at radius 2 is 2.17 bits per heavy atom. The topological polar surface area (TPSA) is 57.2 Å². The van der Waals surface area contributed by atoms with Crippen molar-refractivity contribution in [2.45, 2.75) is 13.0 Å². The molecule has 0 saturated carbocycles. The molecule has 0 radical (unpaired) electrons. The molecule has 2 bridgehead atoms. The molecule has 0 aromatic heterocycles. The minimum atomic E-state index is -3.02. The second-order valence-corrected chi connectivity index (χ2v) is 8.50. The van der Waals surface area contributed by atoms with Gasteiger partial charge in [0.2, 0.25) is 0 Å². The Morgan fingerprint density at radius 3 is 2.83 bits per heavy atom. The molecule has 7 heteroatoms. The lowest BCUT2D eigenvalue weighted by molar-refractivity contribution is -0.142. The van der Waals surface area contributed by atoms with E-state index in [4.69, 9.17) is 18.0 Å². The predicted octanol–water partition coefficient (Wildman–Crippen LogP) is 0.618. The third kappa shape index (κ3) is 3.93. The van der Waals surface area contributed by atoms with Crippen molar-refractivity contribution in [1.82, 2.24) is 4.90 Å². The number of aryl methyl sites for hydroxylation is 1. The predicted molar refractivity (Wildman–Crippen MR) is 90.9 cm³/mol. The molecule has 3 aliphatic heterocycles. The van der Waals surface area contributed by atoms with Gasteiger partial charge >= 0.3 is 14.8 Å². The maximum Gasteiger partial charge on any atom is 0.537 e. The van der Waals surface area contributed by atoms with Crippen molar-refractivity contribution in [3.05, 3.63) is 42.5 Å². The second-order valence-electron chi connectivity index (χ2n) is 6.00. The fraction of sp³-hybridized carbons (Fsp3) is 0.471. The van der Waals surface area contributed by atoms with Crippen LogP contribution in [0.5, 0.6) is 0 Å². The number of fused-ring (bicyclic) bond motifs is 6. The zero-order valence-corrected chi connectivity index (χ0v) is 14.9. The van der Waals surface area contributed by atoms with Crippen LogP contribution >= 0.6 is 0 Å². The van der Waals surface area contributed by atoms with Gasteiger partial charge in [0.15, 0.2) is 0 Å². The van der Waals surface area contributed by atoms with Crippen LogP contribution in [-0.4, -0.2) is 65.2 Å². The van der Waals surface area contributed by atoms with Crippen LogP contribution in [0.15, 0.2) is 36.9 Å². The number of esters is 1. The van der Waals surface area contributed by atoms with E-state index in [0.29, 0.717) is 19.8 Å². The van der Waals surface area contributed by atoms with Crippen molar-refractivity contribution in [3.8, 4) is 0 Å². The van der Waals surface area contributed by atoms with Crippen LogP contribution in [0, 0.1) is 6.92 Å². The third-order valence-corrected chi connectivity index (χ3v) is 6.96. The van der Waals surface area contributed by atoms with Gasteiger partial charge in [-0.25, -0.2) is 4.79 Å². The Morgan fingerprint density at radius 1 is 1.42 bits per heavy atom. The van der Waals surface area contributed by atoms with E-state index in [1.165, 1.54) is 0 Å². The average Bonchev–Trinajstić information content (AvgIpc) is 2.52. The van der Waals surface area contributed by atoms with Gasteiger partial charge in [-0.1, -0.05) is 36.4 Å². The van der Waals surface area contributed by atoms with Gasteiger partial charge in [0.1, 0.15) is 6.61 Å². The molecule has 130 valence electrons. The van der Waals surface area contributed by atoms with E-state index in [-0.39, 0.29) is 12.7 Å². The van der Waals surface area contributed by atoms with Gasteiger partial charge in [-0.2, -0.15) is 0 Å². The highest BCUT2D eigenvalue weighted by molar-refractivity contribution is 6.75. The molecule has 24 heavy (non-hydrogen) atoms. The molecule has 0 amide bonds. The minimum absolute atomic E-state index is 0.161. The molecule has 3 saturated heterocycles. The van der Waals surface area contributed by atoms with E-state index < -0.39 is 14.8 Å². The molecule has 3 aliphatic rings. The number of hydrogen-bond donors (Lipinski definition) is 0. The summed E-state index contributed by atoms with van der Waals surface area (Å²) in [7, 11) is -3.02. The molecule has 6 nitrogen and oxygen atoms in total. The lowest BCUT2D eigenvalue weighted by Crippen LogP contribution is -2.65. The summed E-state index contributed by atoms with van der Waals surface area (Å²) in [5.41, 5.74) is 1.13. The Labute approximate surface area is 143 Å². The van der Waals surface area contributed by atoms with Gasteiger partial charge in [0.05, 0.1) is 19.3 Å². The standard InChI is InChI=1S/C17H23NO5Si/c1-3-17(19)20-13-15-12-18-7-9-21-24(23-15,22-10-8-18)16-6-4-5-14(2)11-16/h3-6,11,15H,1,7-10,12-13H2,2H3. The quantitative estimate of drug-likeness (QED) is 0.451. The van der Waals surface area contributed by atoms with Crippen molar-refractivity contribution in [3.63, 3.8) is 0 Å². The molecule has 0 spiro atoms. The summed E-state index contributed by atoms with van der Waals surface area (Å²) in [6, 6.07) is 8.07. The van der Waals surface area contributed by atoms with Gasteiger partial charge in [0.25, 0.3) is 0 Å². The highest BCUT2D eigenvalue weighted by Crippen LogP contribution is 2.20. The largest absolute Gasteiger partial charge is 0.537 e. The maximum atomic E-state index is 11.4. The van der Waals surface area contributed by atoms with E-state index in [2.05, 4.69) is 17.5 Å². The van der Waals surface area contributed by atoms with Crippen LogP contribution in [0.25, 0.3) is 0 Å². The van der Waals surface area contributed by atoms with Crippen molar-refractivity contribution < 1.29 is 22.8 Å². The van der Waals surface area contributed by atoms with Crippen molar-refractivity contribution in [1.29, 1.82) is 0 Å². The third-order valence-electron chi connectivity index (χ3n) is 4.13. The van der Waals surface area contributed by atoms with Crippen molar-refractivity contribution >= 4 is 20.0 Å². The molecule has 3 heterocycles. The molecule has 1 aromatic rings. The summed E-state index contributed by atoms with van der Waals surface area (Å²) in [5, 5.41) is 0.956. The van der Waals surface area contributed by atoms with Gasteiger partial charge in [-0.3, -0.25) is 4.90 Å². The van der Waals surface area contributed by atoms with E-state index in [1.807, 2.05) is 25.1 Å². The molecule has 1 atom stereocenters. The number of benzene rings is 1. The number of carbonyl (C=O) groups is 1. The molecule has 0 N–H and O–H groups in total. The zero-order chi connectivity index (χ0) is 17.0. The second kappa shape index (κ2) is 7.58. The Bertz CT molecular complexity index is 598. The first kappa shape index (κ1) is 17.3. The molecular formula is C17H23NO5Si. The number of nitrogens with zero attached hydrogens (tertiary/aromatic N) is 1. The van der Waals surface area contributed by atoms with E-state index >= 15 is 0 Å². The fourth-order valence-electron chi connectivity index (χ4n) is 2.96. The molecule has 4 rings (SSSR count). The Hall–Kier alpha value is -1.51. The van der Waals surface area contributed by atoms with Crippen molar-refractivity contribution in [2.24, 2.45) is 0 Å². The van der Waals surface area contributed by atoms with E-state index in [9.17, 15) is 4.79 Å². The average molecular weight is 349 g/mol. The SMILES string of the molecule is C=CC(=O)OCC1CN2CCO[Si](c3cccc(C)c3)(OCC2)O1. The lowest BCUT2D eigenvalue weighted by Gasteiger charge is -2.41. The minimum Gasteiger partial charge on any atom is -0.460 e. The van der Waals surface area contributed by atoms with Crippen molar-refractivity contribution in [2.75, 3.05) is 39.5 Å². The van der Waals surface area contributed by atoms with Gasteiger partial charge < -0.3 is 18.0 Å². The number of hydrogen-bond acceptors (Lipinski definition) is 6. The fourth-order valence-corrected chi connectivity index (χ4v) is 5.65. The van der Waals surface area contributed by atoms with E-state index in [0.717, 1.165) is 29.9 Å². The summed E-state index contributed by atoms with van der Waals surface area (Å²) >= 11 is 0. The summed E-state index contributed by atoms with van der Waals surface area (Å²) in [6.07, 6.45) is 0.867. The normalized spacial score (nSPS) is 30.0. The molecule has 3 fully saturated rings. The smallest absolute Gasteiger partial charge is 0.460 e. The molecule has 1 aromatic carbocycles. The first-order valence-corrected chi connectivity index (χ1v) is 9.88. The number of carbonyl (C=O) groups excluding carboxylic acids is 1. The monoisotopic (exact) mass is 349 g/mol. The van der Waals surface area contributed by atoms with Crippen LogP contribution in [0.4, 0.5) is 0 Å². The zero-order valence-electron chi connectivity index (χ0n) is 13.9. The first-order valence-electron chi connectivity index (χ1n) is 8.16. The number of rotatable bonds is 4. The van der Waals surface area contributed by atoms with Gasteiger partial charge in [-0.05, 0) is 6.92 Å². The molecule has 0 aliphatic carbocycles. The molecule has 1 unspecified atom stereocenters.